The molecule has 11 heteroatoms. The van der Waals surface area contributed by atoms with E-state index in [0.29, 0.717) is 58.0 Å². The van der Waals surface area contributed by atoms with Gasteiger partial charge in [-0.1, -0.05) is 71.0 Å². The van der Waals surface area contributed by atoms with Crippen molar-refractivity contribution >= 4 is 46.9 Å². The Balaban J connectivity index is 0.00000252. The molecule has 4 heterocycles. The molecule has 4 aliphatic rings. The predicted molar refractivity (Wildman–Crippen MR) is 206 cm³/mol. The van der Waals surface area contributed by atoms with E-state index in [2.05, 4.69) is 50.9 Å². The first-order valence-electron chi connectivity index (χ1n) is 18.4. The zero-order valence-electron chi connectivity index (χ0n) is 30.4. The maximum Gasteiger partial charge on any atom is 0.322 e. The predicted octanol–water partition coefficient (Wildman–Crippen LogP) is 6.58. The third-order valence-electron chi connectivity index (χ3n) is 10.4. The minimum absolute atomic E-state index is 0. The van der Waals surface area contributed by atoms with Crippen LogP contribution in [0.25, 0.3) is 0 Å². The van der Waals surface area contributed by atoms with Crippen LogP contribution in [0.4, 0.5) is 16.2 Å². The second-order valence-electron chi connectivity index (χ2n) is 15.9. The van der Waals surface area contributed by atoms with E-state index in [-0.39, 0.29) is 51.3 Å². The number of carbonyl (C=O) groups is 4. The number of anilines is 2. The number of nitrogens with one attached hydrogen (secondary N) is 1. The Morgan fingerprint density at radius 3 is 2.40 bits per heavy atom. The summed E-state index contributed by atoms with van der Waals surface area (Å²) in [5, 5.41) is 2.30. The molecule has 5 amide bonds. The van der Waals surface area contributed by atoms with E-state index in [0.717, 1.165) is 48.4 Å². The minimum atomic E-state index is -0.494. The Kier molecular flexibility index (Phi) is 11.1. The molecule has 0 aromatic heterocycles. The lowest BCUT2D eigenvalue weighted by molar-refractivity contribution is -0.137. The monoisotopic (exact) mass is 708 g/mol. The summed E-state index contributed by atoms with van der Waals surface area (Å²) in [6, 6.07) is 15.9. The number of piperazine rings is 1. The molecule has 1 N–H and O–H groups in total. The summed E-state index contributed by atoms with van der Waals surface area (Å²) < 4.78 is 0. The topological polar surface area (TPSA) is 96.5 Å². The average Bonchev–Trinajstić information content (AvgIpc) is 3.27. The first kappa shape index (κ1) is 36.2. The molecule has 3 fully saturated rings. The Hall–Kier alpha value is -3.57. The molecule has 10 nitrogen and oxygen atoms in total. The maximum absolute atomic E-state index is 14.1. The highest BCUT2D eigenvalue weighted by molar-refractivity contribution is 8.01. The second-order valence-corrected chi connectivity index (χ2v) is 17.2. The van der Waals surface area contributed by atoms with Gasteiger partial charge in [0.15, 0.2) is 0 Å². The average molecular weight is 709 g/mol. The molecule has 2 aromatic carbocycles. The van der Waals surface area contributed by atoms with Crippen molar-refractivity contribution in [2.45, 2.75) is 83.4 Å². The number of hydrogen-bond acceptors (Lipinski definition) is 6. The van der Waals surface area contributed by atoms with E-state index >= 15 is 0 Å². The molecular weight excluding hydrogens is 649 g/mol. The van der Waals surface area contributed by atoms with Crippen molar-refractivity contribution in [3.05, 3.63) is 59.7 Å². The van der Waals surface area contributed by atoms with Gasteiger partial charge in [0.05, 0.1) is 11.8 Å². The van der Waals surface area contributed by atoms with Crippen LogP contribution in [-0.2, 0) is 20.8 Å². The second kappa shape index (κ2) is 15.4. The lowest BCUT2D eigenvalue weighted by atomic mass is 9.92. The van der Waals surface area contributed by atoms with Gasteiger partial charge in [0.2, 0.25) is 17.7 Å². The molecule has 0 radical (unpaired) electrons. The van der Waals surface area contributed by atoms with Gasteiger partial charge in [-0.05, 0) is 54.7 Å². The molecule has 0 spiro atoms. The van der Waals surface area contributed by atoms with Crippen molar-refractivity contribution in [2.75, 3.05) is 62.6 Å². The standard InChI is InChI=1S/C39H54N6O4S.3H2/c1-27(2)25-41-22-23-44(35(47)26-41)32-13-9-7-11-30(32)37-45(21-17-39(3,4)5)36(48)33(50-37)24-34(46)42-18-15-29(16-19-42)43-20-14-28-10-6-8-12-31(28)40-38(43)49;;;/h6-13,27,29,33,37H,14-26H2,1-5H3,(H,40,49);3*1H/t33-,37+;;;/m0.../s1. The van der Waals surface area contributed by atoms with Gasteiger partial charge in [0, 0.05) is 79.5 Å². The fourth-order valence-corrected chi connectivity index (χ4v) is 9.20. The van der Waals surface area contributed by atoms with Crippen molar-refractivity contribution in [2.24, 2.45) is 11.3 Å². The van der Waals surface area contributed by atoms with Crippen LogP contribution in [-0.4, -0.2) is 107 Å². The molecule has 276 valence electrons. The maximum atomic E-state index is 14.1. The van der Waals surface area contributed by atoms with Crippen molar-refractivity contribution < 1.29 is 23.5 Å². The van der Waals surface area contributed by atoms with E-state index < -0.39 is 5.25 Å². The van der Waals surface area contributed by atoms with Gasteiger partial charge >= 0.3 is 6.03 Å². The zero-order valence-corrected chi connectivity index (χ0v) is 31.2. The van der Waals surface area contributed by atoms with Crippen LogP contribution in [0.1, 0.15) is 81.1 Å². The largest absolute Gasteiger partial charge is 0.342 e. The summed E-state index contributed by atoms with van der Waals surface area (Å²) in [4.78, 5) is 64.4. The number of piperidine rings is 1. The summed E-state index contributed by atoms with van der Waals surface area (Å²) in [5.74, 6) is 0.556. The van der Waals surface area contributed by atoms with E-state index in [1.54, 1.807) is 11.8 Å². The molecule has 4 aliphatic heterocycles. The Morgan fingerprint density at radius 1 is 0.960 bits per heavy atom. The first-order chi connectivity index (χ1) is 23.9. The number of para-hydroxylation sites is 2. The number of urea groups is 1. The third-order valence-corrected chi connectivity index (χ3v) is 11.9. The fraction of sp³-hybridized carbons (Fsp3) is 0.590. The highest BCUT2D eigenvalue weighted by atomic mass is 32.2. The molecule has 50 heavy (non-hydrogen) atoms. The molecule has 2 aromatic rings. The lowest BCUT2D eigenvalue weighted by Crippen LogP contribution is -2.51. The molecule has 2 atom stereocenters. The number of carbonyl (C=O) groups excluding carboxylic acids is 4. The summed E-state index contributed by atoms with van der Waals surface area (Å²) in [6.07, 6.45) is 3.20. The van der Waals surface area contributed by atoms with Gasteiger partial charge in [-0.15, -0.1) is 11.8 Å². The minimum Gasteiger partial charge on any atom is -0.342 e. The number of rotatable bonds is 9. The van der Waals surface area contributed by atoms with E-state index in [4.69, 9.17) is 0 Å². The molecule has 0 aliphatic carbocycles. The Bertz CT molecular complexity index is 1580. The number of thioether (sulfide) groups is 1. The normalized spacial score (nSPS) is 22.6. The third kappa shape index (κ3) is 8.31. The van der Waals surface area contributed by atoms with Crippen LogP contribution < -0.4 is 10.2 Å². The van der Waals surface area contributed by atoms with Crippen LogP contribution >= 0.6 is 11.8 Å². The van der Waals surface area contributed by atoms with Gasteiger partial charge in [-0.2, -0.15) is 0 Å². The highest BCUT2D eigenvalue weighted by Gasteiger charge is 2.44. The highest BCUT2D eigenvalue weighted by Crippen LogP contribution is 2.48. The zero-order chi connectivity index (χ0) is 35.6. The van der Waals surface area contributed by atoms with Gasteiger partial charge in [-0.25, -0.2) is 4.79 Å². The van der Waals surface area contributed by atoms with Crippen LogP contribution in [0, 0.1) is 11.3 Å². The van der Waals surface area contributed by atoms with Gasteiger partial charge in [0.1, 0.15) is 5.37 Å². The number of nitrogens with zero attached hydrogens (tertiary/aromatic N) is 5. The Morgan fingerprint density at radius 2 is 1.68 bits per heavy atom. The molecule has 6 rings (SSSR count). The number of fused-ring (bicyclic) bond motifs is 1. The fourth-order valence-electron chi connectivity index (χ4n) is 7.69. The van der Waals surface area contributed by atoms with Gasteiger partial charge in [0.25, 0.3) is 0 Å². The molecular formula is C39H60N6O4S. The van der Waals surface area contributed by atoms with Crippen molar-refractivity contribution in [1.29, 1.82) is 0 Å². The van der Waals surface area contributed by atoms with Crippen LogP contribution in [0.2, 0.25) is 0 Å². The number of benzene rings is 2. The summed E-state index contributed by atoms with van der Waals surface area (Å²) in [6.45, 7) is 16.0. The van der Waals surface area contributed by atoms with Crippen LogP contribution in [0.15, 0.2) is 48.5 Å². The smallest absolute Gasteiger partial charge is 0.322 e. The number of amides is 5. The van der Waals surface area contributed by atoms with E-state index in [1.165, 1.54) is 0 Å². The Labute approximate surface area is 306 Å². The van der Waals surface area contributed by atoms with Gasteiger partial charge < -0.3 is 24.9 Å². The van der Waals surface area contributed by atoms with E-state index in [1.807, 2.05) is 62.1 Å². The molecule has 0 unspecified atom stereocenters. The van der Waals surface area contributed by atoms with Crippen molar-refractivity contribution in [3.8, 4) is 0 Å². The lowest BCUT2D eigenvalue weighted by Gasteiger charge is -2.38. The summed E-state index contributed by atoms with van der Waals surface area (Å²) in [5.41, 5.74) is 3.87. The quantitative estimate of drug-likeness (QED) is 0.316. The van der Waals surface area contributed by atoms with Crippen molar-refractivity contribution in [1.82, 2.24) is 19.6 Å². The number of hydrogen-bond donors (Lipinski definition) is 1. The summed E-state index contributed by atoms with van der Waals surface area (Å²) >= 11 is 1.55. The first-order valence-corrected chi connectivity index (χ1v) is 19.3. The molecule has 0 bridgehead atoms. The SMILES string of the molecule is CC(C)CN1CCN(c2ccccc2[C@H]2S[C@@H](CC(=O)N3CCC(N4CCc5ccccc5NC4=O)CC3)C(=O)N2CCC(C)(C)C)C(=O)C1.[HH].[HH].[HH]. The van der Waals surface area contributed by atoms with Crippen molar-refractivity contribution in [3.63, 3.8) is 0 Å². The van der Waals surface area contributed by atoms with Gasteiger partial charge in [-0.3, -0.25) is 19.3 Å². The van der Waals surface area contributed by atoms with Crippen LogP contribution in [0.3, 0.4) is 0 Å². The van der Waals surface area contributed by atoms with E-state index in [9.17, 15) is 19.2 Å². The van der Waals surface area contributed by atoms with Crippen LogP contribution in [0.5, 0.6) is 0 Å². The molecule has 3 saturated heterocycles. The molecule has 0 saturated carbocycles. The number of likely N-dealkylation sites (tertiary alicyclic amines) is 1. The summed E-state index contributed by atoms with van der Waals surface area (Å²) in [7, 11) is 0.